The fourth-order valence-corrected chi connectivity index (χ4v) is 2.36. The first-order valence-corrected chi connectivity index (χ1v) is 7.45. The van der Waals surface area contributed by atoms with E-state index in [4.69, 9.17) is 5.73 Å². The van der Waals surface area contributed by atoms with E-state index in [0.29, 0.717) is 5.69 Å². The maximum Gasteiger partial charge on any atom is 0.173 e. The highest BCUT2D eigenvalue weighted by Crippen LogP contribution is 2.28. The van der Waals surface area contributed by atoms with Gasteiger partial charge < -0.3 is 11.1 Å². The molecule has 114 valence electrons. The number of hydrogen-bond donors (Lipinski definition) is 2. The summed E-state index contributed by atoms with van der Waals surface area (Å²) in [6.45, 7) is 0. The molecule has 2 aromatic carbocycles. The van der Waals surface area contributed by atoms with Crippen molar-refractivity contribution in [1.82, 2.24) is 9.78 Å². The molecule has 1 aromatic heterocycles. The molecule has 0 unspecified atom stereocenters. The number of benzene rings is 2. The van der Waals surface area contributed by atoms with Gasteiger partial charge in [0.05, 0.1) is 11.4 Å². The molecule has 0 amide bonds. The summed E-state index contributed by atoms with van der Waals surface area (Å²) in [4.78, 5) is 0. The highest BCUT2D eigenvalue weighted by Gasteiger charge is 2.17. The van der Waals surface area contributed by atoms with Crippen LogP contribution in [0.5, 0.6) is 0 Å². The Morgan fingerprint density at radius 2 is 1.87 bits per heavy atom. The zero-order chi connectivity index (χ0) is 16.4. The SMILES string of the molecule is N#Cc1c(Nc2ccccc2F)nn(-c2ccc(Br)cc2)c1N. The van der Waals surface area contributed by atoms with Crippen molar-refractivity contribution in [3.8, 4) is 11.8 Å². The van der Waals surface area contributed by atoms with Crippen LogP contribution in [0, 0.1) is 17.1 Å². The summed E-state index contributed by atoms with van der Waals surface area (Å²) in [7, 11) is 0. The van der Waals surface area contributed by atoms with Crippen LogP contribution >= 0.6 is 15.9 Å². The quantitative estimate of drug-likeness (QED) is 0.729. The molecule has 0 aliphatic heterocycles. The minimum absolute atomic E-state index is 0.163. The molecular weight excluding hydrogens is 361 g/mol. The monoisotopic (exact) mass is 371 g/mol. The number of para-hydroxylation sites is 1. The van der Waals surface area contributed by atoms with Gasteiger partial charge in [0.25, 0.3) is 0 Å². The van der Waals surface area contributed by atoms with Crippen molar-refractivity contribution in [1.29, 1.82) is 5.26 Å². The van der Waals surface area contributed by atoms with Gasteiger partial charge in [-0.1, -0.05) is 28.1 Å². The second-order valence-electron chi connectivity index (χ2n) is 4.71. The molecule has 1 heterocycles. The van der Waals surface area contributed by atoms with Crippen LogP contribution in [0.1, 0.15) is 5.56 Å². The molecule has 0 atom stereocenters. The van der Waals surface area contributed by atoms with E-state index in [9.17, 15) is 9.65 Å². The molecule has 0 spiro atoms. The predicted molar refractivity (Wildman–Crippen MR) is 90.1 cm³/mol. The summed E-state index contributed by atoms with van der Waals surface area (Å²) >= 11 is 3.35. The number of nitrogens with one attached hydrogen (secondary N) is 1. The first kappa shape index (κ1) is 15.1. The smallest absolute Gasteiger partial charge is 0.173 e. The van der Waals surface area contributed by atoms with Gasteiger partial charge in [-0.15, -0.1) is 5.10 Å². The van der Waals surface area contributed by atoms with E-state index < -0.39 is 5.82 Å². The van der Waals surface area contributed by atoms with Crippen LogP contribution in [0.2, 0.25) is 0 Å². The third-order valence-electron chi connectivity index (χ3n) is 3.23. The predicted octanol–water partition coefficient (Wildman–Crippen LogP) is 3.97. The first-order chi connectivity index (χ1) is 11.1. The van der Waals surface area contributed by atoms with Crippen molar-refractivity contribution >= 4 is 33.3 Å². The van der Waals surface area contributed by atoms with Gasteiger partial charge in [-0.05, 0) is 36.4 Å². The van der Waals surface area contributed by atoms with Crippen LogP contribution < -0.4 is 11.1 Å². The maximum absolute atomic E-state index is 13.8. The van der Waals surface area contributed by atoms with E-state index in [0.717, 1.165) is 4.47 Å². The molecule has 5 nitrogen and oxygen atoms in total. The summed E-state index contributed by atoms with van der Waals surface area (Å²) in [5.74, 6) is -0.0418. The molecule has 0 fully saturated rings. The number of hydrogen-bond acceptors (Lipinski definition) is 4. The van der Waals surface area contributed by atoms with Crippen molar-refractivity contribution in [3.05, 3.63) is 64.4 Å². The summed E-state index contributed by atoms with van der Waals surface area (Å²) in [5, 5.41) is 16.4. The number of nitriles is 1. The van der Waals surface area contributed by atoms with E-state index in [1.807, 2.05) is 30.3 Å². The number of nitrogen functional groups attached to an aromatic ring is 1. The highest BCUT2D eigenvalue weighted by molar-refractivity contribution is 9.10. The zero-order valence-electron chi connectivity index (χ0n) is 11.8. The molecule has 0 aliphatic carbocycles. The normalized spacial score (nSPS) is 10.3. The van der Waals surface area contributed by atoms with Crippen LogP contribution in [-0.2, 0) is 0 Å². The van der Waals surface area contributed by atoms with Crippen molar-refractivity contribution in [2.45, 2.75) is 0 Å². The zero-order valence-corrected chi connectivity index (χ0v) is 13.4. The van der Waals surface area contributed by atoms with E-state index in [2.05, 4.69) is 26.3 Å². The maximum atomic E-state index is 13.8. The van der Waals surface area contributed by atoms with Gasteiger partial charge in [0.1, 0.15) is 23.3 Å². The number of aromatic nitrogens is 2. The number of anilines is 3. The second kappa shape index (κ2) is 6.10. The lowest BCUT2D eigenvalue weighted by molar-refractivity contribution is 0.631. The summed E-state index contributed by atoms with van der Waals surface area (Å²) in [6, 6.07) is 15.5. The second-order valence-corrected chi connectivity index (χ2v) is 5.63. The Balaban J connectivity index is 2.05. The van der Waals surface area contributed by atoms with E-state index in [-0.39, 0.29) is 22.9 Å². The largest absolute Gasteiger partial charge is 0.382 e. The Morgan fingerprint density at radius 3 is 2.52 bits per heavy atom. The molecule has 0 saturated heterocycles. The molecular formula is C16H11BrFN5. The Morgan fingerprint density at radius 1 is 1.17 bits per heavy atom. The van der Waals surface area contributed by atoms with Crippen molar-refractivity contribution < 1.29 is 4.39 Å². The average Bonchev–Trinajstić information content (AvgIpc) is 2.86. The lowest BCUT2D eigenvalue weighted by Gasteiger charge is -2.04. The fourth-order valence-electron chi connectivity index (χ4n) is 2.10. The summed E-state index contributed by atoms with van der Waals surface area (Å²) in [6.07, 6.45) is 0. The fraction of sp³-hybridized carbons (Fsp3) is 0. The van der Waals surface area contributed by atoms with Crippen LogP contribution in [0.3, 0.4) is 0 Å². The van der Waals surface area contributed by atoms with Gasteiger partial charge in [0, 0.05) is 4.47 Å². The van der Waals surface area contributed by atoms with E-state index in [1.54, 1.807) is 18.2 Å². The standard InChI is InChI=1S/C16H11BrFN5/c17-10-5-7-11(8-6-10)23-15(20)12(9-19)16(22-23)21-14-4-2-1-3-13(14)18/h1-8H,20H2,(H,21,22). The lowest BCUT2D eigenvalue weighted by Crippen LogP contribution is -2.02. The van der Waals surface area contributed by atoms with Gasteiger partial charge in [-0.25, -0.2) is 9.07 Å². The van der Waals surface area contributed by atoms with Gasteiger partial charge >= 0.3 is 0 Å². The Labute approximate surface area is 140 Å². The van der Waals surface area contributed by atoms with Gasteiger partial charge in [-0.2, -0.15) is 5.26 Å². The minimum Gasteiger partial charge on any atom is -0.382 e. The van der Waals surface area contributed by atoms with Crippen molar-refractivity contribution in [3.63, 3.8) is 0 Å². The van der Waals surface area contributed by atoms with E-state index >= 15 is 0 Å². The first-order valence-electron chi connectivity index (χ1n) is 6.66. The lowest BCUT2D eigenvalue weighted by atomic mass is 10.2. The topological polar surface area (TPSA) is 79.7 Å². The molecule has 3 rings (SSSR count). The third kappa shape index (κ3) is 2.89. The molecule has 23 heavy (non-hydrogen) atoms. The molecule has 0 bridgehead atoms. The van der Waals surface area contributed by atoms with Crippen molar-refractivity contribution in [2.75, 3.05) is 11.1 Å². The van der Waals surface area contributed by atoms with Crippen LogP contribution in [0.15, 0.2) is 53.0 Å². The van der Waals surface area contributed by atoms with Gasteiger partial charge in [-0.3, -0.25) is 0 Å². The van der Waals surface area contributed by atoms with Gasteiger partial charge in [0.2, 0.25) is 0 Å². The molecule has 3 N–H and O–H groups in total. The van der Waals surface area contributed by atoms with Gasteiger partial charge in [0.15, 0.2) is 5.82 Å². The number of rotatable bonds is 3. The highest BCUT2D eigenvalue weighted by atomic mass is 79.9. The molecule has 0 aliphatic rings. The van der Waals surface area contributed by atoms with Crippen LogP contribution in [0.25, 0.3) is 5.69 Å². The Bertz CT molecular complexity index is 896. The number of halogens is 2. The number of nitrogens with two attached hydrogens (primary N) is 1. The molecule has 0 saturated carbocycles. The molecule has 7 heteroatoms. The summed E-state index contributed by atoms with van der Waals surface area (Å²) in [5.41, 5.74) is 7.10. The molecule has 3 aromatic rings. The van der Waals surface area contributed by atoms with E-state index in [1.165, 1.54) is 10.7 Å². The number of nitrogens with zero attached hydrogens (tertiary/aromatic N) is 3. The minimum atomic E-state index is -0.437. The Hall–Kier alpha value is -2.85. The third-order valence-corrected chi connectivity index (χ3v) is 3.76. The summed E-state index contributed by atoms with van der Waals surface area (Å²) < 4.78 is 16.1. The van der Waals surface area contributed by atoms with Crippen LogP contribution in [0.4, 0.5) is 21.7 Å². The average molecular weight is 372 g/mol. The van der Waals surface area contributed by atoms with Crippen molar-refractivity contribution in [2.24, 2.45) is 0 Å². The van der Waals surface area contributed by atoms with Crippen LogP contribution in [-0.4, -0.2) is 9.78 Å². The molecule has 0 radical (unpaired) electrons. The Kier molecular flexibility index (Phi) is 4.00.